The number of benzene rings is 1. The van der Waals surface area contributed by atoms with Crippen LogP contribution in [0.2, 0.25) is 0 Å². The van der Waals surface area contributed by atoms with Crippen LogP contribution in [0.1, 0.15) is 38.0 Å². The SMILES string of the molecule is COC(=O)c1ccc(C2C(C#N)=C(N)Oc3c2sc2nc(C)cc(C)c32)cc1. The molecule has 0 radical (unpaired) electrons. The first kappa shape index (κ1) is 18.0. The molecular weight excluding hydrogens is 374 g/mol. The molecular formula is C21H17N3O3S. The van der Waals surface area contributed by atoms with Gasteiger partial charge < -0.3 is 15.2 Å². The van der Waals surface area contributed by atoms with Crippen LogP contribution in [-0.2, 0) is 4.74 Å². The van der Waals surface area contributed by atoms with E-state index in [0.717, 1.165) is 31.9 Å². The predicted molar refractivity (Wildman–Crippen MR) is 106 cm³/mol. The second-order valence-electron chi connectivity index (χ2n) is 6.59. The fourth-order valence-electron chi connectivity index (χ4n) is 3.52. The Morgan fingerprint density at radius 3 is 2.68 bits per heavy atom. The van der Waals surface area contributed by atoms with Crippen LogP contribution in [0.5, 0.6) is 5.75 Å². The third kappa shape index (κ3) is 2.70. The van der Waals surface area contributed by atoms with Crippen LogP contribution in [0, 0.1) is 25.2 Å². The smallest absolute Gasteiger partial charge is 0.337 e. The molecule has 0 saturated heterocycles. The number of fused-ring (bicyclic) bond motifs is 3. The van der Waals surface area contributed by atoms with Crippen molar-refractivity contribution in [1.29, 1.82) is 5.26 Å². The van der Waals surface area contributed by atoms with E-state index in [1.165, 1.54) is 18.4 Å². The van der Waals surface area contributed by atoms with Gasteiger partial charge in [0.1, 0.15) is 16.5 Å². The number of nitriles is 1. The molecule has 0 aliphatic carbocycles. The molecule has 6 nitrogen and oxygen atoms in total. The summed E-state index contributed by atoms with van der Waals surface area (Å²) in [5.74, 6) is -0.0356. The molecule has 0 amide bonds. The van der Waals surface area contributed by atoms with Crippen LogP contribution < -0.4 is 10.5 Å². The Bertz CT molecular complexity index is 1190. The van der Waals surface area contributed by atoms with Gasteiger partial charge in [0.2, 0.25) is 5.88 Å². The number of pyridine rings is 1. The predicted octanol–water partition coefficient (Wildman–Crippen LogP) is 3.92. The van der Waals surface area contributed by atoms with E-state index in [4.69, 9.17) is 15.2 Å². The minimum atomic E-state index is -0.410. The number of esters is 1. The number of aryl methyl sites for hydroxylation is 2. The highest BCUT2D eigenvalue weighted by Gasteiger charge is 2.34. The largest absolute Gasteiger partial charge is 0.465 e. The lowest BCUT2D eigenvalue weighted by atomic mass is 9.88. The number of aromatic nitrogens is 1. The van der Waals surface area contributed by atoms with E-state index >= 15 is 0 Å². The number of nitrogens with two attached hydrogens (primary N) is 1. The molecule has 0 spiro atoms. The lowest BCUT2D eigenvalue weighted by Gasteiger charge is -2.24. The lowest BCUT2D eigenvalue weighted by Crippen LogP contribution is -2.20. The standard InChI is InChI=1S/C21H17N3O3S/c1-10-8-11(2)24-20-15(10)17-18(28-20)16(14(9-22)19(23)27-17)12-4-6-13(7-5-12)21(25)26-3/h4-8,16H,23H2,1-3H3. The van der Waals surface area contributed by atoms with E-state index in [2.05, 4.69) is 11.1 Å². The third-order valence-corrected chi connectivity index (χ3v) is 5.91. The number of carbonyl (C=O) groups is 1. The Hall–Kier alpha value is -3.37. The zero-order valence-electron chi connectivity index (χ0n) is 15.6. The van der Waals surface area contributed by atoms with Gasteiger partial charge in [-0.15, -0.1) is 11.3 Å². The van der Waals surface area contributed by atoms with Gasteiger partial charge in [-0.3, -0.25) is 0 Å². The molecule has 1 aromatic carbocycles. The van der Waals surface area contributed by atoms with Gasteiger partial charge in [-0.05, 0) is 43.2 Å². The van der Waals surface area contributed by atoms with Crippen LogP contribution in [0.15, 0.2) is 41.8 Å². The molecule has 4 rings (SSSR count). The number of rotatable bonds is 2. The molecule has 0 fully saturated rings. The molecule has 1 atom stereocenters. The molecule has 0 bridgehead atoms. The van der Waals surface area contributed by atoms with Gasteiger partial charge in [0.25, 0.3) is 0 Å². The number of hydrogen-bond donors (Lipinski definition) is 1. The average Bonchev–Trinajstić information content (AvgIpc) is 3.04. The maximum Gasteiger partial charge on any atom is 0.337 e. The maximum atomic E-state index is 11.7. The highest BCUT2D eigenvalue weighted by molar-refractivity contribution is 7.19. The molecule has 1 aliphatic rings. The fourth-order valence-corrected chi connectivity index (χ4v) is 4.88. The van der Waals surface area contributed by atoms with Crippen molar-refractivity contribution in [3.63, 3.8) is 0 Å². The minimum Gasteiger partial charge on any atom is -0.465 e. The number of ether oxygens (including phenoxy) is 2. The number of hydrogen-bond acceptors (Lipinski definition) is 7. The molecule has 3 heterocycles. The number of methoxy groups -OCH3 is 1. The number of thiophene rings is 1. The van der Waals surface area contributed by atoms with Crippen molar-refractivity contribution in [3.05, 3.63) is 69.0 Å². The molecule has 140 valence electrons. The average molecular weight is 391 g/mol. The van der Waals surface area contributed by atoms with Crippen molar-refractivity contribution in [2.45, 2.75) is 19.8 Å². The van der Waals surface area contributed by atoms with Crippen molar-refractivity contribution in [3.8, 4) is 11.8 Å². The molecule has 28 heavy (non-hydrogen) atoms. The second-order valence-corrected chi connectivity index (χ2v) is 7.63. The van der Waals surface area contributed by atoms with Crippen molar-refractivity contribution >= 4 is 27.5 Å². The van der Waals surface area contributed by atoms with Gasteiger partial charge in [-0.1, -0.05) is 12.1 Å². The lowest BCUT2D eigenvalue weighted by molar-refractivity contribution is 0.0600. The molecule has 3 aromatic rings. The quantitative estimate of drug-likeness (QED) is 0.665. The number of carbonyl (C=O) groups excluding carboxylic acids is 1. The van der Waals surface area contributed by atoms with E-state index in [1.807, 2.05) is 32.0 Å². The third-order valence-electron chi connectivity index (χ3n) is 4.78. The second kappa shape index (κ2) is 6.66. The van der Waals surface area contributed by atoms with Gasteiger partial charge in [0.15, 0.2) is 5.75 Å². The van der Waals surface area contributed by atoms with Crippen LogP contribution in [0.4, 0.5) is 0 Å². The first-order chi connectivity index (χ1) is 13.4. The summed E-state index contributed by atoms with van der Waals surface area (Å²) in [6.45, 7) is 3.95. The molecule has 2 N–H and O–H groups in total. The molecule has 0 saturated carbocycles. The monoisotopic (exact) mass is 391 g/mol. The van der Waals surface area contributed by atoms with Gasteiger partial charge in [0, 0.05) is 5.69 Å². The molecule has 2 aromatic heterocycles. The van der Waals surface area contributed by atoms with Gasteiger partial charge >= 0.3 is 5.97 Å². The number of nitrogens with zero attached hydrogens (tertiary/aromatic N) is 2. The highest BCUT2D eigenvalue weighted by Crippen LogP contribution is 2.50. The molecule has 1 unspecified atom stereocenters. The van der Waals surface area contributed by atoms with Crippen molar-refractivity contribution in [2.75, 3.05) is 7.11 Å². The molecule has 7 heteroatoms. The van der Waals surface area contributed by atoms with Crippen LogP contribution in [0.25, 0.3) is 10.2 Å². The van der Waals surface area contributed by atoms with Crippen LogP contribution in [-0.4, -0.2) is 18.1 Å². The summed E-state index contributed by atoms with van der Waals surface area (Å²) in [6.07, 6.45) is 0. The van der Waals surface area contributed by atoms with E-state index in [1.54, 1.807) is 12.1 Å². The first-order valence-corrected chi connectivity index (χ1v) is 9.42. The highest BCUT2D eigenvalue weighted by atomic mass is 32.1. The Labute approximate surface area is 165 Å². The molecule has 1 aliphatic heterocycles. The number of allylic oxidation sites excluding steroid dienone is 1. The van der Waals surface area contributed by atoms with E-state index in [9.17, 15) is 10.1 Å². The van der Waals surface area contributed by atoms with E-state index in [-0.39, 0.29) is 11.8 Å². The Morgan fingerprint density at radius 1 is 1.32 bits per heavy atom. The maximum absolute atomic E-state index is 11.7. The summed E-state index contributed by atoms with van der Waals surface area (Å²) in [4.78, 5) is 18.1. The normalized spacial score (nSPS) is 15.7. The van der Waals surface area contributed by atoms with Gasteiger partial charge in [-0.25, -0.2) is 9.78 Å². The summed E-state index contributed by atoms with van der Waals surface area (Å²) in [7, 11) is 1.34. The zero-order valence-corrected chi connectivity index (χ0v) is 16.4. The summed E-state index contributed by atoms with van der Waals surface area (Å²) >= 11 is 1.50. The summed E-state index contributed by atoms with van der Waals surface area (Å²) in [5, 5.41) is 10.6. The minimum absolute atomic E-state index is 0.0942. The van der Waals surface area contributed by atoms with Gasteiger partial charge in [-0.2, -0.15) is 5.26 Å². The Balaban J connectivity index is 1.93. The van der Waals surface area contributed by atoms with Crippen molar-refractivity contribution < 1.29 is 14.3 Å². The summed E-state index contributed by atoms with van der Waals surface area (Å²) < 4.78 is 10.6. The topological polar surface area (TPSA) is 98.2 Å². The summed E-state index contributed by atoms with van der Waals surface area (Å²) in [6, 6.07) is 11.2. The van der Waals surface area contributed by atoms with E-state index in [0.29, 0.717) is 16.9 Å². The van der Waals surface area contributed by atoms with Gasteiger partial charge in [0.05, 0.1) is 28.9 Å². The first-order valence-electron chi connectivity index (χ1n) is 8.61. The van der Waals surface area contributed by atoms with Crippen LogP contribution >= 0.6 is 11.3 Å². The van der Waals surface area contributed by atoms with Crippen LogP contribution in [0.3, 0.4) is 0 Å². The zero-order chi connectivity index (χ0) is 20.0. The van der Waals surface area contributed by atoms with Crippen molar-refractivity contribution in [2.24, 2.45) is 5.73 Å². The van der Waals surface area contributed by atoms with Crippen molar-refractivity contribution in [1.82, 2.24) is 4.98 Å². The Kier molecular flexibility index (Phi) is 4.28. The Morgan fingerprint density at radius 2 is 2.04 bits per heavy atom. The summed E-state index contributed by atoms with van der Waals surface area (Å²) in [5.41, 5.74) is 9.71. The fraction of sp³-hybridized carbons (Fsp3) is 0.190. The van der Waals surface area contributed by atoms with E-state index < -0.39 is 5.97 Å².